The molecule has 1 aromatic heterocycles. The molecule has 0 aliphatic carbocycles. The van der Waals surface area contributed by atoms with E-state index < -0.39 is 11.5 Å². The molecule has 0 saturated carbocycles. The number of aryl methyl sites for hydroxylation is 1. The van der Waals surface area contributed by atoms with Gasteiger partial charge in [0.1, 0.15) is 0 Å². The largest absolute Gasteiger partial charge is 0.478 e. The number of carbonyl (C=O) groups excluding carboxylic acids is 2. The van der Waals surface area contributed by atoms with E-state index in [9.17, 15) is 14.4 Å². The van der Waals surface area contributed by atoms with Crippen LogP contribution in [-0.2, 0) is 4.79 Å². The third-order valence-electron chi connectivity index (χ3n) is 5.73. The number of hydrogen-bond donors (Lipinski definition) is 4. The molecule has 188 valence electrons. The number of para-hydroxylation sites is 1. The number of urea groups is 1. The lowest BCUT2D eigenvalue weighted by molar-refractivity contribution is -0.131. The number of hydrogen-bond acceptors (Lipinski definition) is 5. The molecule has 2 amide bonds. The normalized spacial score (nSPS) is 12.6. The van der Waals surface area contributed by atoms with E-state index in [0.717, 1.165) is 21.0 Å². The molecule has 0 radical (unpaired) electrons. The van der Waals surface area contributed by atoms with Crippen molar-refractivity contribution >= 4 is 46.1 Å². The van der Waals surface area contributed by atoms with Crippen LogP contribution >= 0.6 is 11.3 Å². The van der Waals surface area contributed by atoms with Crippen molar-refractivity contribution in [3.63, 3.8) is 0 Å². The molecule has 1 heterocycles. The minimum atomic E-state index is -0.978. The van der Waals surface area contributed by atoms with Crippen LogP contribution in [0.5, 0.6) is 0 Å². The Bertz CT molecular complexity index is 1290. The van der Waals surface area contributed by atoms with Crippen molar-refractivity contribution < 1.29 is 19.5 Å². The van der Waals surface area contributed by atoms with Gasteiger partial charge in [-0.05, 0) is 88.2 Å². The highest BCUT2D eigenvalue weighted by Gasteiger charge is 2.30. The zero-order valence-electron chi connectivity index (χ0n) is 21.0. The lowest BCUT2D eigenvalue weighted by atomic mass is 9.92. The van der Waals surface area contributed by atoms with Gasteiger partial charge in [0.05, 0.1) is 5.54 Å². The number of ketones is 1. The van der Waals surface area contributed by atoms with Crippen LogP contribution in [0.15, 0.2) is 66.7 Å². The molecule has 2 aromatic carbocycles. The predicted octanol–water partition coefficient (Wildman–Crippen LogP) is 6.50. The zero-order valence-corrected chi connectivity index (χ0v) is 21.8. The van der Waals surface area contributed by atoms with Gasteiger partial charge in [-0.3, -0.25) is 10.1 Å². The molecule has 1 unspecified atom stereocenters. The molecule has 4 N–H and O–H groups in total. The van der Waals surface area contributed by atoms with Gasteiger partial charge in [0, 0.05) is 38.8 Å². The van der Waals surface area contributed by atoms with Crippen molar-refractivity contribution in [3.8, 4) is 0 Å². The molecule has 0 bridgehead atoms. The fraction of sp³-hybridized carbons (Fsp3) is 0.250. The average molecular weight is 506 g/mol. The highest BCUT2D eigenvalue weighted by molar-refractivity contribution is 7.13. The van der Waals surface area contributed by atoms with Crippen LogP contribution in [-0.4, -0.2) is 28.4 Å². The Morgan fingerprint density at radius 2 is 1.64 bits per heavy atom. The maximum Gasteiger partial charge on any atom is 0.328 e. The minimum absolute atomic E-state index is 0.0796. The summed E-state index contributed by atoms with van der Waals surface area (Å²) in [4.78, 5) is 38.4. The van der Waals surface area contributed by atoms with Gasteiger partial charge in [-0.1, -0.05) is 18.2 Å². The summed E-state index contributed by atoms with van der Waals surface area (Å²) in [5.41, 5.74) is 2.62. The summed E-state index contributed by atoms with van der Waals surface area (Å²) in [6.45, 7) is 9.32. The SMILES string of the molecule is C/C(=C\C(=O)O)c1ccc(C(C)NC(C)(C)C(=O)c2ccc(NC(=O)Nc3ccccc3C)cc2)s1. The number of aliphatic carboxylic acids is 1. The van der Waals surface area contributed by atoms with Crippen molar-refractivity contribution in [2.75, 3.05) is 10.6 Å². The van der Waals surface area contributed by atoms with E-state index in [-0.39, 0.29) is 17.9 Å². The number of allylic oxidation sites excluding steroid dienone is 1. The van der Waals surface area contributed by atoms with Crippen molar-refractivity contribution in [1.29, 1.82) is 0 Å². The highest BCUT2D eigenvalue weighted by atomic mass is 32.1. The van der Waals surface area contributed by atoms with E-state index in [1.165, 1.54) is 17.4 Å². The fourth-order valence-corrected chi connectivity index (χ4v) is 4.78. The molecule has 0 fully saturated rings. The number of Topliss-reactive ketones (excluding diaryl/α,β-unsaturated/α-hetero) is 1. The number of benzene rings is 2. The molecule has 0 spiro atoms. The summed E-state index contributed by atoms with van der Waals surface area (Å²) in [6.07, 6.45) is 1.19. The van der Waals surface area contributed by atoms with Crippen LogP contribution in [0.2, 0.25) is 0 Å². The van der Waals surface area contributed by atoms with Crippen LogP contribution in [0.25, 0.3) is 5.57 Å². The number of nitrogens with one attached hydrogen (secondary N) is 3. The average Bonchev–Trinajstić information content (AvgIpc) is 3.31. The van der Waals surface area contributed by atoms with Crippen LogP contribution in [0, 0.1) is 6.92 Å². The molecule has 0 aliphatic rings. The maximum atomic E-state index is 13.2. The quantitative estimate of drug-likeness (QED) is 0.196. The van der Waals surface area contributed by atoms with Crippen LogP contribution in [0.4, 0.5) is 16.2 Å². The van der Waals surface area contributed by atoms with Gasteiger partial charge in [0.25, 0.3) is 0 Å². The molecule has 0 saturated heterocycles. The summed E-state index contributed by atoms with van der Waals surface area (Å²) in [6, 6.07) is 17.7. The van der Waals surface area contributed by atoms with Gasteiger partial charge in [-0.25, -0.2) is 9.59 Å². The highest BCUT2D eigenvalue weighted by Crippen LogP contribution is 2.30. The topological polar surface area (TPSA) is 108 Å². The molecular formula is C28H31N3O4S. The maximum absolute atomic E-state index is 13.2. The first-order valence-corrected chi connectivity index (χ1v) is 12.4. The molecular weight excluding hydrogens is 474 g/mol. The van der Waals surface area contributed by atoms with Crippen LogP contribution in [0.1, 0.15) is 59.4 Å². The van der Waals surface area contributed by atoms with Crippen molar-refractivity contribution in [2.24, 2.45) is 0 Å². The van der Waals surface area contributed by atoms with E-state index in [2.05, 4.69) is 16.0 Å². The number of rotatable bonds is 9. The Morgan fingerprint density at radius 3 is 2.28 bits per heavy atom. The molecule has 0 aliphatic heterocycles. The number of anilines is 2. The zero-order chi connectivity index (χ0) is 26.5. The summed E-state index contributed by atoms with van der Waals surface area (Å²) < 4.78 is 0. The fourth-order valence-electron chi connectivity index (χ4n) is 3.80. The van der Waals surface area contributed by atoms with Gasteiger partial charge < -0.3 is 15.7 Å². The minimum Gasteiger partial charge on any atom is -0.478 e. The first-order chi connectivity index (χ1) is 17.0. The first-order valence-electron chi connectivity index (χ1n) is 11.5. The first kappa shape index (κ1) is 26.8. The number of carboxylic acid groups (broad SMARTS) is 1. The summed E-state index contributed by atoms with van der Waals surface area (Å²) in [5.74, 6) is -1.06. The van der Waals surface area contributed by atoms with Gasteiger partial charge >= 0.3 is 12.0 Å². The second kappa shape index (κ2) is 11.3. The number of amides is 2. The van der Waals surface area contributed by atoms with Crippen molar-refractivity contribution in [1.82, 2.24) is 5.32 Å². The second-order valence-electron chi connectivity index (χ2n) is 9.16. The number of carbonyl (C=O) groups is 3. The van der Waals surface area contributed by atoms with E-state index >= 15 is 0 Å². The predicted molar refractivity (Wildman–Crippen MR) is 146 cm³/mol. The smallest absolute Gasteiger partial charge is 0.328 e. The summed E-state index contributed by atoms with van der Waals surface area (Å²) in [7, 11) is 0. The monoisotopic (exact) mass is 505 g/mol. The Kier molecular flexibility index (Phi) is 8.45. The van der Waals surface area contributed by atoms with Gasteiger partial charge in [-0.15, -0.1) is 11.3 Å². The number of thiophene rings is 1. The molecule has 1 atom stereocenters. The van der Waals surface area contributed by atoms with E-state index in [1.807, 2.05) is 64.1 Å². The molecule has 8 heteroatoms. The van der Waals surface area contributed by atoms with E-state index in [0.29, 0.717) is 16.8 Å². The van der Waals surface area contributed by atoms with Crippen molar-refractivity contribution in [3.05, 3.63) is 87.6 Å². The Morgan fingerprint density at radius 1 is 0.972 bits per heavy atom. The lowest BCUT2D eigenvalue weighted by Gasteiger charge is -2.28. The molecule has 3 aromatic rings. The van der Waals surface area contributed by atoms with Crippen LogP contribution < -0.4 is 16.0 Å². The third-order valence-corrected chi connectivity index (χ3v) is 7.13. The van der Waals surface area contributed by atoms with Gasteiger partial charge in [0.2, 0.25) is 0 Å². The Balaban J connectivity index is 1.62. The number of carboxylic acids is 1. The molecule has 3 rings (SSSR count). The van der Waals surface area contributed by atoms with Gasteiger partial charge in [-0.2, -0.15) is 0 Å². The van der Waals surface area contributed by atoms with Crippen molar-refractivity contribution in [2.45, 2.75) is 46.2 Å². The summed E-state index contributed by atoms with van der Waals surface area (Å²) in [5, 5.41) is 18.0. The summed E-state index contributed by atoms with van der Waals surface area (Å²) >= 11 is 1.50. The lowest BCUT2D eigenvalue weighted by Crippen LogP contribution is -2.47. The molecule has 7 nitrogen and oxygen atoms in total. The second-order valence-corrected chi connectivity index (χ2v) is 10.3. The molecule has 36 heavy (non-hydrogen) atoms. The van der Waals surface area contributed by atoms with Crippen LogP contribution in [0.3, 0.4) is 0 Å². The van der Waals surface area contributed by atoms with E-state index in [1.54, 1.807) is 31.2 Å². The Labute approximate surface area is 215 Å². The standard InChI is InChI=1S/C28H31N3O4S/c1-17-8-6-7-9-22(17)30-27(35)29-21-12-10-20(11-13-21)26(34)28(4,5)31-19(3)24-15-14-23(36-24)18(2)16-25(32)33/h6-16,19,31H,1-5H3,(H,32,33)(H2,29,30,35)/b18-16+. The Hall–Kier alpha value is -3.75. The van der Waals surface area contributed by atoms with Gasteiger partial charge in [0.15, 0.2) is 5.78 Å². The van der Waals surface area contributed by atoms with E-state index in [4.69, 9.17) is 5.11 Å². The third kappa shape index (κ3) is 6.90.